The fourth-order valence-electron chi connectivity index (χ4n) is 3.09. The van der Waals surface area contributed by atoms with Crippen molar-refractivity contribution >= 4 is 22.6 Å². The maximum atomic E-state index is 13.3. The molecule has 0 saturated heterocycles. The molecule has 0 saturated carbocycles. The van der Waals surface area contributed by atoms with Crippen LogP contribution in [0, 0.1) is 0 Å². The summed E-state index contributed by atoms with van der Waals surface area (Å²) in [5, 5.41) is 1.19. The summed E-state index contributed by atoms with van der Waals surface area (Å²) in [5.74, 6) is 0.665. The van der Waals surface area contributed by atoms with E-state index in [0.717, 1.165) is 23.1 Å². The van der Waals surface area contributed by atoms with Gasteiger partial charge in [0.2, 0.25) is 11.2 Å². The number of hydrogen-bond acceptors (Lipinski definition) is 3. The number of fused-ring (bicyclic) bond motifs is 1. The molecule has 0 aliphatic carbocycles. The second-order valence-electron chi connectivity index (χ2n) is 6.55. The zero-order valence-corrected chi connectivity index (χ0v) is 16.2. The highest BCUT2D eigenvalue weighted by molar-refractivity contribution is 6.30. The molecule has 1 heterocycles. The Bertz CT molecular complexity index is 1160. The van der Waals surface area contributed by atoms with Gasteiger partial charge in [0.05, 0.1) is 5.39 Å². The highest BCUT2D eigenvalue weighted by atomic mass is 35.5. The lowest BCUT2D eigenvalue weighted by Gasteiger charge is -2.12. The Morgan fingerprint density at radius 3 is 2.36 bits per heavy atom. The van der Waals surface area contributed by atoms with E-state index in [2.05, 4.69) is 6.92 Å². The van der Waals surface area contributed by atoms with Gasteiger partial charge in [0.1, 0.15) is 12.2 Å². The largest absolute Gasteiger partial charge is 0.481 e. The van der Waals surface area contributed by atoms with Crippen LogP contribution >= 0.6 is 11.6 Å². The Morgan fingerprint density at radius 2 is 1.64 bits per heavy atom. The summed E-state index contributed by atoms with van der Waals surface area (Å²) >= 11 is 5.95. The van der Waals surface area contributed by atoms with E-state index in [-0.39, 0.29) is 17.8 Å². The van der Waals surface area contributed by atoms with Gasteiger partial charge in [0, 0.05) is 10.6 Å². The van der Waals surface area contributed by atoms with Gasteiger partial charge in [0.15, 0.2) is 5.76 Å². The zero-order valence-electron chi connectivity index (χ0n) is 15.4. The molecule has 0 unspecified atom stereocenters. The van der Waals surface area contributed by atoms with Crippen molar-refractivity contribution in [3.8, 4) is 17.1 Å². The molecule has 0 aliphatic rings. The number of halogens is 1. The number of hydrogen-bond donors (Lipinski definition) is 0. The van der Waals surface area contributed by atoms with Crippen LogP contribution in [0.25, 0.3) is 22.3 Å². The molecule has 0 bridgehead atoms. The van der Waals surface area contributed by atoms with Gasteiger partial charge in [-0.05, 0) is 41.8 Å². The summed E-state index contributed by atoms with van der Waals surface area (Å²) in [5.41, 5.74) is 3.19. The third-order valence-electron chi connectivity index (χ3n) is 4.65. The van der Waals surface area contributed by atoms with Crippen LogP contribution in [0.15, 0.2) is 82.0 Å². The molecule has 0 atom stereocenters. The van der Waals surface area contributed by atoms with E-state index in [1.807, 2.05) is 60.7 Å². The van der Waals surface area contributed by atoms with Gasteiger partial charge >= 0.3 is 0 Å². The summed E-state index contributed by atoms with van der Waals surface area (Å²) in [7, 11) is 0. The van der Waals surface area contributed by atoms with Crippen LogP contribution in [0.4, 0.5) is 0 Å². The highest BCUT2D eigenvalue weighted by Crippen LogP contribution is 2.31. The summed E-state index contributed by atoms with van der Waals surface area (Å²) in [6.07, 6.45) is 0.844. The first-order valence-electron chi connectivity index (χ1n) is 9.18. The third kappa shape index (κ3) is 3.67. The second kappa shape index (κ2) is 7.91. The molecule has 0 radical (unpaired) electrons. The first-order chi connectivity index (χ1) is 13.7. The fourth-order valence-corrected chi connectivity index (χ4v) is 3.22. The smallest absolute Gasteiger partial charge is 0.235 e. The third-order valence-corrected chi connectivity index (χ3v) is 4.91. The molecular weight excluding hydrogens is 372 g/mol. The van der Waals surface area contributed by atoms with Crippen LogP contribution < -0.4 is 10.2 Å². The van der Waals surface area contributed by atoms with Crippen LogP contribution in [0.3, 0.4) is 0 Å². The van der Waals surface area contributed by atoms with Gasteiger partial charge in [-0.3, -0.25) is 4.79 Å². The van der Waals surface area contributed by atoms with Crippen LogP contribution in [0.2, 0.25) is 5.02 Å². The second-order valence-corrected chi connectivity index (χ2v) is 6.99. The van der Waals surface area contributed by atoms with Crippen LogP contribution in [0.1, 0.15) is 18.1 Å². The molecule has 3 nitrogen and oxygen atoms in total. The van der Waals surface area contributed by atoms with Crippen LogP contribution in [-0.4, -0.2) is 0 Å². The molecule has 0 amide bonds. The normalized spacial score (nSPS) is 10.9. The lowest BCUT2D eigenvalue weighted by Crippen LogP contribution is -2.10. The average Bonchev–Trinajstić information content (AvgIpc) is 2.74. The number of rotatable bonds is 5. The van der Waals surface area contributed by atoms with E-state index in [9.17, 15) is 4.79 Å². The van der Waals surface area contributed by atoms with Gasteiger partial charge in [-0.15, -0.1) is 0 Å². The SMILES string of the molecule is CCc1ccc2oc(-c3ccccc3)c(OCc3ccc(Cl)cc3)c(=O)c2c1. The molecule has 28 heavy (non-hydrogen) atoms. The Morgan fingerprint density at radius 1 is 0.929 bits per heavy atom. The van der Waals surface area contributed by atoms with E-state index in [0.29, 0.717) is 21.8 Å². The van der Waals surface area contributed by atoms with Crippen molar-refractivity contribution in [3.05, 3.63) is 99.2 Å². The monoisotopic (exact) mass is 390 g/mol. The number of ether oxygens (including phenoxy) is 1. The number of benzene rings is 3. The van der Waals surface area contributed by atoms with Gasteiger partial charge in [-0.25, -0.2) is 0 Å². The van der Waals surface area contributed by atoms with Crippen molar-refractivity contribution in [2.45, 2.75) is 20.0 Å². The Labute approximate surface area is 168 Å². The van der Waals surface area contributed by atoms with E-state index in [1.54, 1.807) is 12.1 Å². The molecule has 0 aliphatic heterocycles. The van der Waals surface area contributed by atoms with E-state index < -0.39 is 0 Å². The highest BCUT2D eigenvalue weighted by Gasteiger charge is 2.18. The molecule has 3 aromatic carbocycles. The summed E-state index contributed by atoms with van der Waals surface area (Å²) < 4.78 is 12.1. The summed E-state index contributed by atoms with van der Waals surface area (Å²) in [4.78, 5) is 13.3. The van der Waals surface area contributed by atoms with Crippen molar-refractivity contribution in [1.29, 1.82) is 0 Å². The van der Waals surface area contributed by atoms with Crippen molar-refractivity contribution in [2.24, 2.45) is 0 Å². The molecule has 4 aromatic rings. The number of aryl methyl sites for hydroxylation is 1. The molecule has 0 spiro atoms. The van der Waals surface area contributed by atoms with E-state index in [4.69, 9.17) is 20.8 Å². The molecule has 0 N–H and O–H groups in total. The Balaban J connectivity index is 1.84. The fraction of sp³-hybridized carbons (Fsp3) is 0.125. The standard InChI is InChI=1S/C24H19ClO3/c1-2-16-10-13-21-20(14-16)22(26)24(23(28-21)18-6-4-3-5-7-18)27-15-17-8-11-19(25)12-9-17/h3-14H,2,15H2,1H3. The summed E-state index contributed by atoms with van der Waals surface area (Å²) in [6, 6.07) is 22.6. The van der Waals surface area contributed by atoms with Crippen LogP contribution in [-0.2, 0) is 13.0 Å². The molecule has 140 valence electrons. The Kier molecular flexibility index (Phi) is 5.18. The average molecular weight is 391 g/mol. The predicted molar refractivity (Wildman–Crippen MR) is 113 cm³/mol. The minimum absolute atomic E-state index is 0.163. The quantitative estimate of drug-likeness (QED) is 0.404. The van der Waals surface area contributed by atoms with Crippen LogP contribution in [0.5, 0.6) is 5.75 Å². The van der Waals surface area contributed by atoms with Crippen molar-refractivity contribution in [2.75, 3.05) is 0 Å². The first-order valence-corrected chi connectivity index (χ1v) is 9.56. The molecule has 4 heteroatoms. The van der Waals surface area contributed by atoms with Gasteiger partial charge in [0.25, 0.3) is 0 Å². The molecule has 4 rings (SSSR count). The molecular formula is C24H19ClO3. The van der Waals surface area contributed by atoms with Gasteiger partial charge < -0.3 is 9.15 Å². The minimum Gasteiger partial charge on any atom is -0.481 e. The maximum absolute atomic E-state index is 13.3. The first kappa shape index (κ1) is 18.3. The minimum atomic E-state index is -0.163. The van der Waals surface area contributed by atoms with E-state index in [1.165, 1.54) is 0 Å². The lowest BCUT2D eigenvalue weighted by atomic mass is 10.1. The van der Waals surface area contributed by atoms with Gasteiger partial charge in [-0.2, -0.15) is 0 Å². The zero-order chi connectivity index (χ0) is 19.5. The van der Waals surface area contributed by atoms with Crippen molar-refractivity contribution < 1.29 is 9.15 Å². The van der Waals surface area contributed by atoms with Crippen molar-refractivity contribution in [3.63, 3.8) is 0 Å². The lowest BCUT2D eigenvalue weighted by molar-refractivity contribution is 0.298. The predicted octanol–water partition coefficient (Wildman–Crippen LogP) is 6.25. The topological polar surface area (TPSA) is 39.4 Å². The molecule has 0 fully saturated rings. The molecule has 1 aromatic heterocycles. The van der Waals surface area contributed by atoms with E-state index >= 15 is 0 Å². The van der Waals surface area contributed by atoms with Crippen molar-refractivity contribution in [1.82, 2.24) is 0 Å². The maximum Gasteiger partial charge on any atom is 0.235 e. The summed E-state index contributed by atoms with van der Waals surface area (Å²) in [6.45, 7) is 2.31. The van der Waals surface area contributed by atoms with Gasteiger partial charge in [-0.1, -0.05) is 67.1 Å². The Hall–Kier alpha value is -3.04.